The number of fused-ring (bicyclic) bond motifs is 5. The highest BCUT2D eigenvalue weighted by Gasteiger charge is 2.54. The number of carboxylic acid groups (broad SMARTS) is 1. The molecule has 0 saturated carbocycles. The fraction of sp³-hybridized carbons (Fsp3) is 0.917. The van der Waals surface area contributed by atoms with Gasteiger partial charge in [-0.05, 0) is 19.3 Å². The molecule has 1 N–H and O–H groups in total. The van der Waals surface area contributed by atoms with Crippen LogP contribution in [0.1, 0.15) is 26.2 Å². The van der Waals surface area contributed by atoms with Crippen molar-refractivity contribution < 1.29 is 14.6 Å². The number of hydrogen-bond acceptors (Lipinski definition) is 3. The Morgan fingerprint density at radius 1 is 1.35 bits per heavy atom. The van der Waals surface area contributed by atoms with Crippen molar-refractivity contribution in [3.05, 3.63) is 0 Å². The summed E-state index contributed by atoms with van der Waals surface area (Å²) in [6, 6.07) is -0.287. The number of ether oxygens (including phenoxy) is 1. The third-order valence-corrected chi connectivity index (χ3v) is 4.59. The topological polar surface area (TPSA) is 49.8 Å². The molecule has 0 amide bonds. The Hall–Kier alpha value is -0.320. The van der Waals surface area contributed by atoms with Crippen molar-refractivity contribution in [2.24, 2.45) is 11.8 Å². The standard InChI is InChI=1S/C12H19NO3.ClH/c1-2-9(12(14)15)13-5-7-8(6-13)11-4-3-10(7)16-11;/h7-11H,2-6H2,1H3,(H,14,15);1H. The van der Waals surface area contributed by atoms with Crippen LogP contribution in [0.3, 0.4) is 0 Å². The van der Waals surface area contributed by atoms with E-state index in [1.807, 2.05) is 6.92 Å². The molecule has 3 saturated heterocycles. The van der Waals surface area contributed by atoms with Gasteiger partial charge in [0.1, 0.15) is 6.04 Å². The van der Waals surface area contributed by atoms with Crippen molar-refractivity contribution in [2.45, 2.75) is 44.4 Å². The van der Waals surface area contributed by atoms with Crippen LogP contribution in [0.4, 0.5) is 0 Å². The van der Waals surface area contributed by atoms with Crippen LogP contribution in [0.25, 0.3) is 0 Å². The molecule has 0 aromatic heterocycles. The lowest BCUT2D eigenvalue weighted by molar-refractivity contribution is -0.143. The van der Waals surface area contributed by atoms with Gasteiger partial charge in [-0.15, -0.1) is 12.4 Å². The summed E-state index contributed by atoms with van der Waals surface area (Å²) in [5, 5.41) is 9.17. The summed E-state index contributed by atoms with van der Waals surface area (Å²) in [5.41, 5.74) is 0. The van der Waals surface area contributed by atoms with Crippen molar-refractivity contribution in [3.8, 4) is 0 Å². The molecule has 2 bridgehead atoms. The Balaban J connectivity index is 0.00000108. The number of carboxylic acids is 1. The van der Waals surface area contributed by atoms with Crippen molar-refractivity contribution in [1.82, 2.24) is 4.90 Å². The fourth-order valence-electron chi connectivity index (χ4n) is 3.84. The van der Waals surface area contributed by atoms with Crippen molar-refractivity contribution in [1.29, 1.82) is 0 Å². The van der Waals surface area contributed by atoms with Gasteiger partial charge in [0.15, 0.2) is 0 Å². The van der Waals surface area contributed by atoms with E-state index >= 15 is 0 Å². The minimum Gasteiger partial charge on any atom is -0.480 e. The summed E-state index contributed by atoms with van der Waals surface area (Å²) >= 11 is 0. The summed E-state index contributed by atoms with van der Waals surface area (Å²) in [5.74, 6) is 0.537. The minimum atomic E-state index is -0.671. The molecule has 0 spiro atoms. The van der Waals surface area contributed by atoms with E-state index in [9.17, 15) is 9.90 Å². The Bertz CT molecular complexity index is 294. The highest BCUT2D eigenvalue weighted by molar-refractivity contribution is 5.85. The first-order chi connectivity index (χ1) is 7.70. The number of rotatable bonds is 3. The predicted octanol–water partition coefficient (Wildman–Crippen LogP) is 1.38. The number of likely N-dealkylation sites (tertiary alicyclic amines) is 1. The summed E-state index contributed by atoms with van der Waals surface area (Å²) in [6.07, 6.45) is 3.91. The second-order valence-corrected chi connectivity index (χ2v) is 5.33. The minimum absolute atomic E-state index is 0. The van der Waals surface area contributed by atoms with Crippen LogP contribution in [0.2, 0.25) is 0 Å². The normalized spacial score (nSPS) is 41.0. The van der Waals surface area contributed by atoms with Crippen LogP contribution in [0.15, 0.2) is 0 Å². The molecule has 98 valence electrons. The SMILES string of the molecule is CCC(C(=O)O)N1CC2C3CCC(O3)C2C1.Cl. The zero-order valence-corrected chi connectivity index (χ0v) is 10.9. The van der Waals surface area contributed by atoms with Gasteiger partial charge in [0.25, 0.3) is 0 Å². The zero-order chi connectivity index (χ0) is 11.3. The molecule has 5 unspecified atom stereocenters. The van der Waals surface area contributed by atoms with Gasteiger partial charge in [-0.3, -0.25) is 9.69 Å². The molecule has 5 heteroatoms. The van der Waals surface area contributed by atoms with E-state index in [1.165, 1.54) is 12.8 Å². The summed E-state index contributed by atoms with van der Waals surface area (Å²) in [7, 11) is 0. The summed E-state index contributed by atoms with van der Waals surface area (Å²) in [6.45, 7) is 3.81. The van der Waals surface area contributed by atoms with Gasteiger partial charge in [0.2, 0.25) is 0 Å². The highest BCUT2D eigenvalue weighted by atomic mass is 35.5. The maximum absolute atomic E-state index is 11.1. The number of halogens is 1. The van der Waals surface area contributed by atoms with E-state index in [0.717, 1.165) is 13.1 Å². The molecule has 5 atom stereocenters. The van der Waals surface area contributed by atoms with Gasteiger partial charge in [-0.25, -0.2) is 0 Å². The molecule has 0 aromatic rings. The molecule has 3 fully saturated rings. The highest BCUT2D eigenvalue weighted by Crippen LogP contribution is 2.47. The van der Waals surface area contributed by atoms with Gasteiger partial charge in [-0.1, -0.05) is 6.92 Å². The predicted molar refractivity (Wildman–Crippen MR) is 65.4 cm³/mol. The van der Waals surface area contributed by atoms with E-state index in [4.69, 9.17) is 4.74 Å². The second kappa shape index (κ2) is 4.75. The van der Waals surface area contributed by atoms with Crippen LogP contribution in [-0.2, 0) is 9.53 Å². The first-order valence-corrected chi connectivity index (χ1v) is 6.33. The quantitative estimate of drug-likeness (QED) is 0.834. The molecule has 3 aliphatic heterocycles. The largest absolute Gasteiger partial charge is 0.480 e. The molecule has 0 aromatic carbocycles. The molecule has 3 aliphatic rings. The van der Waals surface area contributed by atoms with Crippen molar-refractivity contribution >= 4 is 18.4 Å². The number of aliphatic carboxylic acids is 1. The van der Waals surface area contributed by atoms with Crippen LogP contribution in [-0.4, -0.2) is 47.3 Å². The average molecular weight is 262 g/mol. The van der Waals surface area contributed by atoms with Gasteiger partial charge < -0.3 is 9.84 Å². The molecular formula is C12H20ClNO3. The molecular weight excluding hydrogens is 242 g/mol. The molecule has 4 nitrogen and oxygen atoms in total. The van der Waals surface area contributed by atoms with Crippen LogP contribution < -0.4 is 0 Å². The number of nitrogens with zero attached hydrogens (tertiary/aromatic N) is 1. The Kier molecular flexibility index (Phi) is 3.66. The third-order valence-electron chi connectivity index (χ3n) is 4.59. The number of carbonyl (C=O) groups is 1. The van der Waals surface area contributed by atoms with Gasteiger partial charge in [0, 0.05) is 24.9 Å². The van der Waals surface area contributed by atoms with Crippen LogP contribution in [0, 0.1) is 11.8 Å². The van der Waals surface area contributed by atoms with Crippen molar-refractivity contribution in [3.63, 3.8) is 0 Å². The Morgan fingerprint density at radius 2 is 1.88 bits per heavy atom. The third kappa shape index (κ3) is 1.96. The smallest absolute Gasteiger partial charge is 0.320 e. The van der Waals surface area contributed by atoms with E-state index < -0.39 is 5.97 Å². The summed E-state index contributed by atoms with van der Waals surface area (Å²) in [4.78, 5) is 13.3. The molecule has 3 rings (SSSR count). The zero-order valence-electron chi connectivity index (χ0n) is 10.0. The van der Waals surface area contributed by atoms with Crippen LogP contribution >= 0.6 is 12.4 Å². The Morgan fingerprint density at radius 3 is 2.29 bits per heavy atom. The van der Waals surface area contributed by atoms with Crippen LogP contribution in [0.5, 0.6) is 0 Å². The summed E-state index contributed by atoms with van der Waals surface area (Å²) < 4.78 is 5.89. The van der Waals surface area contributed by atoms with Gasteiger partial charge >= 0.3 is 5.97 Å². The Labute approximate surface area is 108 Å². The van der Waals surface area contributed by atoms with Crippen molar-refractivity contribution in [2.75, 3.05) is 13.1 Å². The maximum Gasteiger partial charge on any atom is 0.320 e. The van der Waals surface area contributed by atoms with E-state index in [0.29, 0.717) is 30.5 Å². The lowest BCUT2D eigenvalue weighted by Crippen LogP contribution is -2.40. The van der Waals surface area contributed by atoms with Gasteiger partial charge in [-0.2, -0.15) is 0 Å². The van der Waals surface area contributed by atoms with E-state index in [1.54, 1.807) is 0 Å². The van der Waals surface area contributed by atoms with E-state index in [2.05, 4.69) is 4.90 Å². The molecule has 3 heterocycles. The molecule has 0 aliphatic carbocycles. The average Bonchev–Trinajstić information content (AvgIpc) is 2.88. The number of hydrogen-bond donors (Lipinski definition) is 1. The first kappa shape index (κ1) is 13.1. The fourth-order valence-corrected chi connectivity index (χ4v) is 3.84. The monoisotopic (exact) mass is 261 g/mol. The molecule has 17 heavy (non-hydrogen) atoms. The lowest BCUT2D eigenvalue weighted by atomic mass is 9.82. The van der Waals surface area contributed by atoms with Gasteiger partial charge in [0.05, 0.1) is 12.2 Å². The van der Waals surface area contributed by atoms with E-state index in [-0.39, 0.29) is 18.4 Å². The first-order valence-electron chi connectivity index (χ1n) is 6.33. The second-order valence-electron chi connectivity index (χ2n) is 5.33. The lowest BCUT2D eigenvalue weighted by Gasteiger charge is -2.24. The maximum atomic E-state index is 11.1. The molecule has 0 radical (unpaired) electrons.